The molecule has 2 aromatic carbocycles. The molecule has 0 saturated carbocycles. The Hall–Kier alpha value is -2.07. The molecule has 2 rings (SSSR count). The maximum atomic E-state index is 12.8. The van der Waals surface area contributed by atoms with E-state index in [2.05, 4.69) is 5.32 Å². The number of ether oxygens (including phenoxy) is 1. The van der Waals surface area contributed by atoms with E-state index in [-0.39, 0.29) is 24.2 Å². The minimum atomic E-state index is -0.350. The summed E-state index contributed by atoms with van der Waals surface area (Å²) in [7, 11) is 0. The lowest BCUT2D eigenvalue weighted by Crippen LogP contribution is -2.20. The van der Waals surface area contributed by atoms with E-state index in [0.29, 0.717) is 16.5 Å². The van der Waals surface area contributed by atoms with Gasteiger partial charge in [0.1, 0.15) is 11.6 Å². The standard InChI is InChI=1S/C18H19ClFNO2/c1-11(2)15-9-16(19)12(3)8-17(15)23-10-18(22)21-14-6-4-13(20)5-7-14/h4-9,11H,10H2,1-3H3,(H,21,22). The van der Waals surface area contributed by atoms with Gasteiger partial charge in [0.05, 0.1) is 0 Å². The number of amides is 1. The summed E-state index contributed by atoms with van der Waals surface area (Å²) in [6.45, 7) is 5.83. The highest BCUT2D eigenvalue weighted by molar-refractivity contribution is 6.31. The summed E-state index contributed by atoms with van der Waals surface area (Å²) < 4.78 is 18.5. The van der Waals surface area contributed by atoms with Gasteiger partial charge in [0.15, 0.2) is 6.61 Å². The average molecular weight is 336 g/mol. The Kier molecular flexibility index (Phi) is 5.61. The van der Waals surface area contributed by atoms with E-state index in [1.54, 1.807) is 0 Å². The molecule has 3 nitrogen and oxygen atoms in total. The number of benzene rings is 2. The zero-order valence-electron chi connectivity index (χ0n) is 13.3. The fraction of sp³-hybridized carbons (Fsp3) is 0.278. The van der Waals surface area contributed by atoms with Gasteiger partial charge in [0.2, 0.25) is 0 Å². The summed E-state index contributed by atoms with van der Waals surface area (Å²) in [5, 5.41) is 3.34. The van der Waals surface area contributed by atoms with Gasteiger partial charge in [-0.3, -0.25) is 4.79 Å². The van der Waals surface area contributed by atoms with Crippen LogP contribution >= 0.6 is 11.6 Å². The molecular formula is C18H19ClFNO2. The third-order valence-electron chi connectivity index (χ3n) is 3.40. The van der Waals surface area contributed by atoms with Crippen LogP contribution in [0.4, 0.5) is 10.1 Å². The second-order valence-electron chi connectivity index (χ2n) is 5.64. The minimum Gasteiger partial charge on any atom is -0.483 e. The van der Waals surface area contributed by atoms with Crippen molar-refractivity contribution in [1.82, 2.24) is 0 Å². The number of carbonyl (C=O) groups is 1. The van der Waals surface area contributed by atoms with Crippen LogP contribution in [0.15, 0.2) is 36.4 Å². The molecule has 0 saturated heterocycles. The van der Waals surface area contributed by atoms with Gasteiger partial charge in [0.25, 0.3) is 5.91 Å². The number of hydrogen-bond donors (Lipinski definition) is 1. The fourth-order valence-corrected chi connectivity index (χ4v) is 2.29. The summed E-state index contributed by atoms with van der Waals surface area (Å²) in [5.74, 6) is 0.218. The van der Waals surface area contributed by atoms with Gasteiger partial charge in [-0.15, -0.1) is 0 Å². The van der Waals surface area contributed by atoms with Crippen LogP contribution in [0.1, 0.15) is 30.9 Å². The lowest BCUT2D eigenvalue weighted by atomic mass is 10.0. The third kappa shape index (κ3) is 4.70. The van der Waals surface area contributed by atoms with Crippen molar-refractivity contribution in [3.05, 3.63) is 58.4 Å². The first-order valence-electron chi connectivity index (χ1n) is 7.35. The van der Waals surface area contributed by atoms with Crippen molar-refractivity contribution in [3.8, 4) is 5.75 Å². The van der Waals surface area contributed by atoms with Crippen molar-refractivity contribution in [2.45, 2.75) is 26.7 Å². The Morgan fingerprint density at radius 1 is 1.26 bits per heavy atom. The maximum Gasteiger partial charge on any atom is 0.262 e. The molecule has 0 radical (unpaired) electrons. The van der Waals surface area contributed by atoms with E-state index in [4.69, 9.17) is 16.3 Å². The fourth-order valence-electron chi connectivity index (χ4n) is 2.12. The van der Waals surface area contributed by atoms with Crippen LogP contribution in [0.25, 0.3) is 0 Å². The SMILES string of the molecule is Cc1cc(OCC(=O)Nc2ccc(F)cc2)c(C(C)C)cc1Cl. The lowest BCUT2D eigenvalue weighted by molar-refractivity contribution is -0.118. The normalized spacial score (nSPS) is 10.7. The van der Waals surface area contributed by atoms with Crippen LogP contribution in [0.5, 0.6) is 5.75 Å². The van der Waals surface area contributed by atoms with E-state index < -0.39 is 0 Å². The van der Waals surface area contributed by atoms with Gasteiger partial charge in [-0.2, -0.15) is 0 Å². The van der Waals surface area contributed by atoms with Crippen molar-refractivity contribution in [2.24, 2.45) is 0 Å². The zero-order chi connectivity index (χ0) is 17.0. The molecule has 0 aliphatic heterocycles. The van der Waals surface area contributed by atoms with E-state index in [9.17, 15) is 9.18 Å². The van der Waals surface area contributed by atoms with Crippen LogP contribution in [0, 0.1) is 12.7 Å². The number of carbonyl (C=O) groups excluding carboxylic acids is 1. The Balaban J connectivity index is 2.04. The van der Waals surface area contributed by atoms with Crippen molar-refractivity contribution in [1.29, 1.82) is 0 Å². The largest absolute Gasteiger partial charge is 0.483 e. The molecule has 122 valence electrons. The second kappa shape index (κ2) is 7.47. The molecule has 0 heterocycles. The topological polar surface area (TPSA) is 38.3 Å². The number of anilines is 1. The van der Waals surface area contributed by atoms with Crippen LogP contribution in [0.3, 0.4) is 0 Å². The molecule has 0 aliphatic rings. The molecule has 23 heavy (non-hydrogen) atoms. The highest BCUT2D eigenvalue weighted by Gasteiger charge is 2.12. The van der Waals surface area contributed by atoms with Gasteiger partial charge in [0, 0.05) is 10.7 Å². The molecule has 0 atom stereocenters. The van der Waals surface area contributed by atoms with Crippen molar-refractivity contribution >= 4 is 23.2 Å². The summed E-state index contributed by atoms with van der Waals surface area (Å²) in [4.78, 5) is 11.9. The molecular weight excluding hydrogens is 317 g/mol. The van der Waals surface area contributed by atoms with Crippen molar-refractivity contribution in [2.75, 3.05) is 11.9 Å². The Labute approximate surface area is 140 Å². The van der Waals surface area contributed by atoms with E-state index >= 15 is 0 Å². The maximum absolute atomic E-state index is 12.8. The molecule has 0 bridgehead atoms. The van der Waals surface area contributed by atoms with Crippen LogP contribution in [-0.4, -0.2) is 12.5 Å². The second-order valence-corrected chi connectivity index (χ2v) is 6.04. The first-order valence-corrected chi connectivity index (χ1v) is 7.73. The molecule has 5 heteroatoms. The number of aryl methyl sites for hydroxylation is 1. The molecule has 2 aromatic rings. The molecule has 0 unspecified atom stereocenters. The quantitative estimate of drug-likeness (QED) is 0.841. The predicted molar refractivity (Wildman–Crippen MR) is 90.8 cm³/mol. The van der Waals surface area contributed by atoms with Crippen molar-refractivity contribution < 1.29 is 13.9 Å². The predicted octanol–water partition coefficient (Wildman–Crippen LogP) is 4.93. The van der Waals surface area contributed by atoms with Crippen LogP contribution in [-0.2, 0) is 4.79 Å². The molecule has 1 amide bonds. The molecule has 0 aromatic heterocycles. The van der Waals surface area contributed by atoms with Crippen LogP contribution in [0.2, 0.25) is 5.02 Å². The minimum absolute atomic E-state index is 0.127. The monoisotopic (exact) mass is 335 g/mol. The van der Waals surface area contributed by atoms with Gasteiger partial charge < -0.3 is 10.1 Å². The van der Waals surface area contributed by atoms with Gasteiger partial charge >= 0.3 is 0 Å². The number of nitrogens with one attached hydrogen (secondary N) is 1. The van der Waals surface area contributed by atoms with Crippen LogP contribution < -0.4 is 10.1 Å². The van der Waals surface area contributed by atoms with Gasteiger partial charge in [-0.25, -0.2) is 4.39 Å². The first kappa shape index (κ1) is 17.3. The number of hydrogen-bond acceptors (Lipinski definition) is 2. The van der Waals surface area contributed by atoms with Gasteiger partial charge in [-0.05, 0) is 60.4 Å². The van der Waals surface area contributed by atoms with E-state index in [1.807, 2.05) is 32.9 Å². The Morgan fingerprint density at radius 2 is 1.91 bits per heavy atom. The lowest BCUT2D eigenvalue weighted by Gasteiger charge is -2.16. The summed E-state index contributed by atoms with van der Waals surface area (Å²) in [6, 6.07) is 9.28. The molecule has 0 aliphatic carbocycles. The third-order valence-corrected chi connectivity index (χ3v) is 3.81. The molecule has 0 spiro atoms. The average Bonchev–Trinajstić information content (AvgIpc) is 2.50. The zero-order valence-corrected chi connectivity index (χ0v) is 14.1. The smallest absolute Gasteiger partial charge is 0.262 e. The van der Waals surface area contributed by atoms with E-state index in [0.717, 1.165) is 11.1 Å². The Bertz CT molecular complexity index is 699. The highest BCUT2D eigenvalue weighted by atomic mass is 35.5. The molecule has 0 fully saturated rings. The van der Waals surface area contributed by atoms with E-state index in [1.165, 1.54) is 24.3 Å². The first-order chi connectivity index (χ1) is 10.9. The van der Waals surface area contributed by atoms with Gasteiger partial charge in [-0.1, -0.05) is 25.4 Å². The number of halogens is 2. The summed E-state index contributed by atoms with van der Waals surface area (Å²) in [5.41, 5.74) is 2.37. The number of rotatable bonds is 5. The van der Waals surface area contributed by atoms with Crippen molar-refractivity contribution in [3.63, 3.8) is 0 Å². The molecule has 1 N–H and O–H groups in total. The highest BCUT2D eigenvalue weighted by Crippen LogP contribution is 2.32. The Morgan fingerprint density at radius 3 is 2.52 bits per heavy atom. The summed E-state index contributed by atoms with van der Waals surface area (Å²) in [6.07, 6.45) is 0. The summed E-state index contributed by atoms with van der Waals surface area (Å²) >= 11 is 6.15.